The van der Waals surface area contributed by atoms with Gasteiger partial charge >= 0.3 is 0 Å². The van der Waals surface area contributed by atoms with Gasteiger partial charge in [-0.25, -0.2) is 17.8 Å². The minimum atomic E-state index is -3.46. The van der Waals surface area contributed by atoms with Gasteiger partial charge in [0.1, 0.15) is 11.6 Å². The van der Waals surface area contributed by atoms with Gasteiger partial charge in [0.15, 0.2) is 0 Å². The minimum Gasteiger partial charge on any atom is -0.367 e. The number of fused-ring (bicyclic) bond motifs is 1. The predicted octanol–water partition coefficient (Wildman–Crippen LogP) is 4.21. The number of piperazine rings is 1. The number of hydrogen-bond donors (Lipinski definition) is 2. The Hall–Kier alpha value is -3.70. The lowest BCUT2D eigenvalue weighted by molar-refractivity contribution is 0.311. The number of nitrogens with one attached hydrogen (secondary N) is 2. The second-order valence-corrected chi connectivity index (χ2v) is 11.8. The fourth-order valence-electron chi connectivity index (χ4n) is 4.75. The summed E-state index contributed by atoms with van der Waals surface area (Å²) in [5, 5.41) is 6.48. The lowest BCUT2D eigenvalue weighted by Gasteiger charge is -2.34. The average molecular weight is 538 g/mol. The molecule has 5 rings (SSSR count). The molecule has 0 bridgehead atoms. The van der Waals surface area contributed by atoms with Crippen molar-refractivity contribution in [2.45, 2.75) is 13.3 Å². The first kappa shape index (κ1) is 25.9. The van der Waals surface area contributed by atoms with Gasteiger partial charge in [0.25, 0.3) is 0 Å². The molecule has 1 saturated heterocycles. The number of likely N-dealkylation sites (N-methyl/N-ethyl adjacent to an activating group) is 1. The molecule has 2 N–H and O–H groups in total. The average Bonchev–Trinajstić information content (AvgIpc) is 3.25. The van der Waals surface area contributed by atoms with Crippen LogP contribution in [0.3, 0.4) is 0 Å². The van der Waals surface area contributed by atoms with Crippen LogP contribution in [0.2, 0.25) is 0 Å². The standard InChI is InChI=1S/C27H32FN7O2S/c1-18-9-11-22-25(18)26(30-21-7-5-6-8-24(21)34(3)38(4,36)37)32-27(31-22)29-19-10-12-23(20(28)17-19)35-15-13-33(2)14-16-35/h5-10,12,17H,11,13-16H2,1-4H3,(H2,29,30,31,32). The SMILES string of the molecule is CC1=CCc2nc(Nc3ccc(N4CCN(C)CC4)c(F)c3)nc(Nc3ccccc3N(C)S(C)(=O)=O)c21. The Morgan fingerprint density at radius 3 is 2.47 bits per heavy atom. The van der Waals surface area contributed by atoms with E-state index >= 15 is 4.39 Å². The van der Waals surface area contributed by atoms with E-state index in [4.69, 9.17) is 4.98 Å². The first-order valence-corrected chi connectivity index (χ1v) is 14.3. The van der Waals surface area contributed by atoms with E-state index in [1.54, 1.807) is 24.3 Å². The highest BCUT2D eigenvalue weighted by Gasteiger charge is 2.23. The molecule has 38 heavy (non-hydrogen) atoms. The highest BCUT2D eigenvalue weighted by atomic mass is 32.2. The Morgan fingerprint density at radius 1 is 1.03 bits per heavy atom. The topological polar surface area (TPSA) is 93.7 Å². The third-order valence-corrected chi connectivity index (χ3v) is 8.21. The Kier molecular flexibility index (Phi) is 6.97. The van der Waals surface area contributed by atoms with Crippen molar-refractivity contribution in [1.82, 2.24) is 14.9 Å². The van der Waals surface area contributed by atoms with E-state index in [2.05, 4.69) is 38.5 Å². The van der Waals surface area contributed by atoms with E-state index in [9.17, 15) is 8.42 Å². The van der Waals surface area contributed by atoms with Crippen LogP contribution in [0.1, 0.15) is 18.2 Å². The zero-order valence-corrected chi connectivity index (χ0v) is 22.8. The third-order valence-electron chi connectivity index (χ3n) is 7.02. The van der Waals surface area contributed by atoms with E-state index in [0.717, 1.165) is 49.3 Å². The van der Waals surface area contributed by atoms with Crippen molar-refractivity contribution in [3.8, 4) is 0 Å². The predicted molar refractivity (Wildman–Crippen MR) is 152 cm³/mol. The van der Waals surface area contributed by atoms with Gasteiger partial charge in [-0.1, -0.05) is 18.2 Å². The summed E-state index contributed by atoms with van der Waals surface area (Å²) in [6, 6.07) is 12.2. The van der Waals surface area contributed by atoms with Crippen molar-refractivity contribution in [1.29, 1.82) is 0 Å². The summed E-state index contributed by atoms with van der Waals surface area (Å²) in [7, 11) is 0.117. The molecule has 0 unspecified atom stereocenters. The maximum absolute atomic E-state index is 15.1. The van der Waals surface area contributed by atoms with E-state index < -0.39 is 10.0 Å². The highest BCUT2D eigenvalue weighted by Crippen LogP contribution is 2.37. The van der Waals surface area contributed by atoms with Gasteiger partial charge in [-0.05, 0) is 49.9 Å². The smallest absolute Gasteiger partial charge is 0.232 e. The van der Waals surface area contributed by atoms with Crippen molar-refractivity contribution >= 4 is 50.1 Å². The number of sulfonamides is 1. The molecule has 200 valence electrons. The summed E-state index contributed by atoms with van der Waals surface area (Å²) in [6.45, 7) is 5.36. The second-order valence-electron chi connectivity index (χ2n) is 9.76. The summed E-state index contributed by atoms with van der Waals surface area (Å²) in [5.41, 5.74) is 4.98. The van der Waals surface area contributed by atoms with Crippen molar-refractivity contribution in [2.75, 3.05) is 66.4 Å². The molecule has 0 radical (unpaired) electrons. The molecule has 2 heterocycles. The Bertz CT molecular complexity index is 1500. The Morgan fingerprint density at radius 2 is 1.76 bits per heavy atom. The number of rotatable bonds is 7. The van der Waals surface area contributed by atoms with Gasteiger partial charge in [-0.15, -0.1) is 0 Å². The van der Waals surface area contributed by atoms with E-state index in [0.29, 0.717) is 40.9 Å². The van der Waals surface area contributed by atoms with Gasteiger partial charge in [-0.2, -0.15) is 4.98 Å². The molecule has 2 aliphatic rings. The summed E-state index contributed by atoms with van der Waals surface area (Å²) in [6.07, 6.45) is 3.89. The summed E-state index contributed by atoms with van der Waals surface area (Å²) in [4.78, 5) is 13.7. The third kappa shape index (κ3) is 5.30. The fraction of sp³-hybridized carbons (Fsp3) is 0.333. The number of aromatic nitrogens is 2. The molecule has 1 aromatic heterocycles. The quantitative estimate of drug-likeness (QED) is 0.463. The largest absolute Gasteiger partial charge is 0.367 e. The lowest BCUT2D eigenvalue weighted by atomic mass is 10.1. The van der Waals surface area contributed by atoms with Crippen molar-refractivity contribution < 1.29 is 12.8 Å². The molecule has 1 fully saturated rings. The monoisotopic (exact) mass is 537 g/mol. The van der Waals surface area contributed by atoms with Crippen molar-refractivity contribution in [3.63, 3.8) is 0 Å². The van der Waals surface area contributed by atoms with E-state index in [-0.39, 0.29) is 5.82 Å². The molecule has 2 aromatic carbocycles. The van der Waals surface area contributed by atoms with Crippen LogP contribution in [0.4, 0.5) is 38.9 Å². The normalized spacial score (nSPS) is 15.7. The number of nitrogens with zero attached hydrogens (tertiary/aromatic N) is 5. The van der Waals surface area contributed by atoms with Crippen LogP contribution in [0, 0.1) is 5.82 Å². The van der Waals surface area contributed by atoms with Crippen molar-refractivity contribution in [3.05, 3.63) is 65.6 Å². The van der Waals surface area contributed by atoms with E-state index in [1.165, 1.54) is 17.4 Å². The van der Waals surface area contributed by atoms with Gasteiger partial charge in [0, 0.05) is 50.9 Å². The molecular weight excluding hydrogens is 505 g/mol. The van der Waals surface area contributed by atoms with Gasteiger partial charge < -0.3 is 20.4 Å². The van der Waals surface area contributed by atoms with Crippen molar-refractivity contribution in [2.24, 2.45) is 0 Å². The first-order chi connectivity index (χ1) is 18.1. The van der Waals surface area contributed by atoms with Gasteiger partial charge in [0.2, 0.25) is 16.0 Å². The lowest BCUT2D eigenvalue weighted by Crippen LogP contribution is -2.44. The molecule has 0 spiro atoms. The summed E-state index contributed by atoms with van der Waals surface area (Å²) < 4.78 is 40.7. The first-order valence-electron chi connectivity index (χ1n) is 12.5. The molecule has 9 nitrogen and oxygen atoms in total. The molecule has 1 aliphatic heterocycles. The van der Waals surface area contributed by atoms with Crippen LogP contribution in [0.15, 0.2) is 48.5 Å². The number of anilines is 6. The number of allylic oxidation sites excluding steroid dienone is 2. The Labute approximate surface area is 223 Å². The minimum absolute atomic E-state index is 0.297. The summed E-state index contributed by atoms with van der Waals surface area (Å²) in [5.74, 6) is 0.581. The van der Waals surface area contributed by atoms with Crippen LogP contribution in [-0.4, -0.2) is 69.8 Å². The maximum Gasteiger partial charge on any atom is 0.232 e. The van der Waals surface area contributed by atoms with Gasteiger partial charge in [0.05, 0.1) is 29.0 Å². The zero-order valence-electron chi connectivity index (χ0n) is 22.0. The van der Waals surface area contributed by atoms with Crippen LogP contribution in [0.5, 0.6) is 0 Å². The van der Waals surface area contributed by atoms with Crippen LogP contribution >= 0.6 is 0 Å². The number of halogens is 1. The zero-order chi connectivity index (χ0) is 27.0. The molecular formula is C27H32FN7O2S. The molecule has 0 atom stereocenters. The van der Waals surface area contributed by atoms with Crippen LogP contribution in [0.25, 0.3) is 5.57 Å². The summed E-state index contributed by atoms with van der Waals surface area (Å²) >= 11 is 0. The number of benzene rings is 2. The number of hydrogen-bond acceptors (Lipinski definition) is 8. The molecule has 0 saturated carbocycles. The molecule has 0 amide bonds. The van der Waals surface area contributed by atoms with Crippen LogP contribution in [-0.2, 0) is 16.4 Å². The second kappa shape index (κ2) is 10.2. The highest BCUT2D eigenvalue weighted by molar-refractivity contribution is 7.92. The Balaban J connectivity index is 1.44. The molecule has 11 heteroatoms. The molecule has 3 aromatic rings. The van der Waals surface area contributed by atoms with Crippen LogP contribution < -0.4 is 19.8 Å². The van der Waals surface area contributed by atoms with Gasteiger partial charge in [-0.3, -0.25) is 4.31 Å². The maximum atomic E-state index is 15.1. The number of para-hydroxylation sites is 2. The van der Waals surface area contributed by atoms with E-state index in [1.807, 2.05) is 19.1 Å². The molecule has 1 aliphatic carbocycles. The fourth-order valence-corrected chi connectivity index (χ4v) is 5.26.